The van der Waals surface area contributed by atoms with Crippen LogP contribution in [0.1, 0.15) is 35.9 Å². The number of amides is 2. The first-order valence-corrected chi connectivity index (χ1v) is 10.5. The van der Waals surface area contributed by atoms with Gasteiger partial charge < -0.3 is 19.4 Å². The number of likely N-dealkylation sites (tertiary alicyclic amines) is 1. The smallest absolute Gasteiger partial charge is 0.340 e. The van der Waals surface area contributed by atoms with Gasteiger partial charge in [-0.15, -0.1) is 11.8 Å². The van der Waals surface area contributed by atoms with Gasteiger partial charge in [0.25, 0.3) is 5.91 Å². The van der Waals surface area contributed by atoms with E-state index in [2.05, 4.69) is 5.32 Å². The Morgan fingerprint density at radius 2 is 1.93 bits per heavy atom. The highest BCUT2D eigenvalue weighted by Gasteiger charge is 2.27. The summed E-state index contributed by atoms with van der Waals surface area (Å²) in [6.45, 7) is 3.32. The molecule has 2 amide bonds. The van der Waals surface area contributed by atoms with Crippen LogP contribution in [0, 0.1) is 0 Å². The number of furan rings is 1. The van der Waals surface area contributed by atoms with Crippen LogP contribution in [0.2, 0.25) is 0 Å². The molecule has 2 heterocycles. The average molecular weight is 416 g/mol. The molecule has 0 bridgehead atoms. The van der Waals surface area contributed by atoms with Crippen LogP contribution in [-0.4, -0.2) is 47.6 Å². The molecule has 0 unspecified atom stereocenters. The highest BCUT2D eigenvalue weighted by Crippen LogP contribution is 2.24. The van der Waals surface area contributed by atoms with Gasteiger partial charge in [0.1, 0.15) is 5.76 Å². The number of carbonyl (C=O) groups excluding carboxylic acids is 3. The van der Waals surface area contributed by atoms with Crippen molar-refractivity contribution in [3.8, 4) is 0 Å². The van der Waals surface area contributed by atoms with Crippen molar-refractivity contribution in [2.24, 2.45) is 0 Å². The molecule has 29 heavy (non-hydrogen) atoms. The number of hydrogen-bond donors (Lipinski definition) is 1. The highest BCUT2D eigenvalue weighted by atomic mass is 32.2. The number of hydrogen-bond acceptors (Lipinski definition) is 6. The van der Waals surface area contributed by atoms with Crippen LogP contribution in [0.4, 0.5) is 0 Å². The van der Waals surface area contributed by atoms with Crippen LogP contribution in [-0.2, 0) is 20.9 Å². The first kappa shape index (κ1) is 21.0. The molecule has 1 aliphatic heterocycles. The first-order chi connectivity index (χ1) is 14.0. The predicted molar refractivity (Wildman–Crippen MR) is 108 cm³/mol. The van der Waals surface area contributed by atoms with E-state index in [1.165, 1.54) is 11.8 Å². The minimum atomic E-state index is -0.838. The number of ether oxygens (including phenoxy) is 1. The number of rotatable bonds is 8. The number of nitrogens with one attached hydrogen (secondary N) is 1. The van der Waals surface area contributed by atoms with Crippen LogP contribution >= 0.6 is 11.8 Å². The third-order valence-electron chi connectivity index (χ3n) is 4.55. The Hall–Kier alpha value is -2.74. The predicted octanol–water partition coefficient (Wildman–Crippen LogP) is 2.86. The van der Waals surface area contributed by atoms with Crippen molar-refractivity contribution in [1.29, 1.82) is 0 Å². The lowest BCUT2D eigenvalue weighted by Gasteiger charge is -2.20. The molecule has 154 valence electrons. The molecule has 1 saturated heterocycles. The van der Waals surface area contributed by atoms with Crippen LogP contribution in [0.15, 0.2) is 52.0 Å². The third-order valence-corrected chi connectivity index (χ3v) is 5.63. The quantitative estimate of drug-likeness (QED) is 0.526. The lowest BCUT2D eigenvalue weighted by atomic mass is 10.2. The van der Waals surface area contributed by atoms with Crippen LogP contribution in [0.25, 0.3) is 0 Å². The largest absolute Gasteiger partial charge is 0.467 e. The standard InChI is InChI=1S/C21H24N2O5S/c1-15(20(25)23-10-4-5-11-23)28-21(26)17-8-2-3-9-18(17)29-14-19(24)22-13-16-7-6-12-27-16/h2-3,6-9,12,15H,4-5,10-11,13-14H2,1H3,(H,22,24)/t15-/m1/s1. The van der Waals surface area contributed by atoms with Crippen molar-refractivity contribution in [2.75, 3.05) is 18.8 Å². The maximum absolute atomic E-state index is 12.6. The first-order valence-electron chi connectivity index (χ1n) is 9.55. The SMILES string of the molecule is C[C@@H](OC(=O)c1ccccc1SCC(=O)NCc1ccco1)C(=O)N1CCCC1. The van der Waals surface area contributed by atoms with Gasteiger partial charge in [-0.1, -0.05) is 12.1 Å². The van der Waals surface area contributed by atoms with Gasteiger partial charge in [0.2, 0.25) is 5.91 Å². The van der Waals surface area contributed by atoms with E-state index in [1.54, 1.807) is 54.5 Å². The summed E-state index contributed by atoms with van der Waals surface area (Å²) >= 11 is 1.24. The molecule has 8 heteroatoms. The Bertz CT molecular complexity index is 847. The number of thioether (sulfide) groups is 1. The molecule has 7 nitrogen and oxygen atoms in total. The minimum Gasteiger partial charge on any atom is -0.467 e. The monoisotopic (exact) mass is 416 g/mol. The summed E-state index contributed by atoms with van der Waals surface area (Å²) in [4.78, 5) is 39.4. The highest BCUT2D eigenvalue weighted by molar-refractivity contribution is 8.00. The van der Waals surface area contributed by atoms with Gasteiger partial charge >= 0.3 is 5.97 Å². The number of esters is 1. The zero-order valence-electron chi connectivity index (χ0n) is 16.3. The third kappa shape index (κ3) is 5.87. The molecule has 0 radical (unpaired) electrons. The van der Waals surface area contributed by atoms with Gasteiger partial charge in [-0.3, -0.25) is 9.59 Å². The minimum absolute atomic E-state index is 0.146. The number of carbonyl (C=O) groups is 3. The second kappa shape index (κ2) is 10.2. The summed E-state index contributed by atoms with van der Waals surface area (Å²) in [5.41, 5.74) is 0.345. The molecular formula is C21H24N2O5S. The van der Waals surface area contributed by atoms with E-state index in [-0.39, 0.29) is 17.6 Å². The molecular weight excluding hydrogens is 392 g/mol. The maximum atomic E-state index is 12.6. The van der Waals surface area contributed by atoms with Crippen molar-refractivity contribution in [3.63, 3.8) is 0 Å². The summed E-state index contributed by atoms with van der Waals surface area (Å²) in [5, 5.41) is 2.76. The van der Waals surface area contributed by atoms with Gasteiger partial charge in [0, 0.05) is 18.0 Å². The number of benzene rings is 1. The molecule has 1 aliphatic rings. The van der Waals surface area contributed by atoms with Gasteiger partial charge in [0.15, 0.2) is 6.10 Å². The van der Waals surface area contributed by atoms with E-state index < -0.39 is 12.1 Å². The Balaban J connectivity index is 1.54. The molecule has 0 saturated carbocycles. The molecule has 0 spiro atoms. The van der Waals surface area contributed by atoms with Crippen molar-refractivity contribution in [1.82, 2.24) is 10.2 Å². The fourth-order valence-corrected chi connectivity index (χ4v) is 3.89. The van der Waals surface area contributed by atoms with Crippen LogP contribution < -0.4 is 5.32 Å². The Labute approximate surface area is 173 Å². The normalized spacial score (nSPS) is 14.4. The van der Waals surface area contributed by atoms with Crippen molar-refractivity contribution >= 4 is 29.5 Å². The van der Waals surface area contributed by atoms with Crippen molar-refractivity contribution in [2.45, 2.75) is 37.3 Å². The second-order valence-corrected chi connectivity index (χ2v) is 7.74. The lowest BCUT2D eigenvalue weighted by Crippen LogP contribution is -2.38. The van der Waals surface area contributed by atoms with E-state index in [4.69, 9.17) is 9.15 Å². The van der Waals surface area contributed by atoms with Crippen LogP contribution in [0.5, 0.6) is 0 Å². The maximum Gasteiger partial charge on any atom is 0.340 e. The van der Waals surface area contributed by atoms with E-state index >= 15 is 0 Å². The van der Waals surface area contributed by atoms with Gasteiger partial charge in [-0.05, 0) is 44.0 Å². The molecule has 1 N–H and O–H groups in total. The second-order valence-electron chi connectivity index (χ2n) is 6.72. The van der Waals surface area contributed by atoms with E-state index in [0.29, 0.717) is 35.9 Å². The zero-order chi connectivity index (χ0) is 20.6. The topological polar surface area (TPSA) is 88.9 Å². The molecule has 1 atom stereocenters. The summed E-state index contributed by atoms with van der Waals surface area (Å²) in [6, 6.07) is 10.5. The Morgan fingerprint density at radius 3 is 2.66 bits per heavy atom. The summed E-state index contributed by atoms with van der Waals surface area (Å²) < 4.78 is 10.6. The molecule has 1 fully saturated rings. The van der Waals surface area contributed by atoms with Crippen molar-refractivity contribution in [3.05, 3.63) is 54.0 Å². The molecule has 2 aromatic rings. The Kier molecular flexibility index (Phi) is 7.35. The Morgan fingerprint density at radius 1 is 1.17 bits per heavy atom. The molecule has 1 aromatic carbocycles. The van der Waals surface area contributed by atoms with E-state index in [1.807, 2.05) is 0 Å². The molecule has 1 aromatic heterocycles. The number of nitrogens with zero attached hydrogens (tertiary/aromatic N) is 1. The summed E-state index contributed by atoms with van der Waals surface area (Å²) in [7, 11) is 0. The van der Waals surface area contributed by atoms with E-state index in [0.717, 1.165) is 12.8 Å². The molecule has 3 rings (SSSR count). The zero-order valence-corrected chi connectivity index (χ0v) is 17.1. The van der Waals surface area contributed by atoms with Crippen molar-refractivity contribution < 1.29 is 23.5 Å². The summed E-state index contributed by atoms with van der Waals surface area (Å²) in [6.07, 6.45) is 2.67. The van der Waals surface area contributed by atoms with E-state index in [9.17, 15) is 14.4 Å². The summed E-state index contributed by atoms with van der Waals surface area (Å²) in [5.74, 6) is -0.0913. The fraction of sp³-hybridized carbons (Fsp3) is 0.381. The average Bonchev–Trinajstić information content (AvgIpc) is 3.44. The van der Waals surface area contributed by atoms with Gasteiger partial charge in [0.05, 0.1) is 24.1 Å². The fourth-order valence-electron chi connectivity index (χ4n) is 3.02. The molecule has 0 aliphatic carbocycles. The van der Waals surface area contributed by atoms with Crippen LogP contribution in [0.3, 0.4) is 0 Å². The van der Waals surface area contributed by atoms with Gasteiger partial charge in [-0.2, -0.15) is 0 Å². The van der Waals surface area contributed by atoms with Gasteiger partial charge in [-0.25, -0.2) is 4.79 Å². The lowest BCUT2D eigenvalue weighted by molar-refractivity contribution is -0.138.